The number of rotatable bonds is 3. The number of carbonyl (C=O) groups is 1. The van der Waals surface area contributed by atoms with E-state index in [9.17, 15) is 18.0 Å². The summed E-state index contributed by atoms with van der Waals surface area (Å²) in [5.41, 5.74) is 6.40. The number of nitrogens with zero attached hydrogens (tertiary/aromatic N) is 3. The summed E-state index contributed by atoms with van der Waals surface area (Å²) in [7, 11) is 0. The number of hydrogen-bond acceptors (Lipinski definition) is 5. The summed E-state index contributed by atoms with van der Waals surface area (Å²) in [5, 5.41) is 6.22. The highest BCUT2D eigenvalue weighted by Crippen LogP contribution is 2.37. The van der Waals surface area contributed by atoms with Gasteiger partial charge in [-0.1, -0.05) is 22.9 Å². The van der Waals surface area contributed by atoms with Crippen molar-refractivity contribution >= 4 is 34.4 Å². The van der Waals surface area contributed by atoms with Gasteiger partial charge in [-0.3, -0.25) is 4.79 Å². The van der Waals surface area contributed by atoms with Gasteiger partial charge in [0.25, 0.3) is 11.8 Å². The van der Waals surface area contributed by atoms with Crippen molar-refractivity contribution < 1.29 is 18.0 Å². The lowest BCUT2D eigenvalue weighted by Crippen LogP contribution is -2.59. The molecule has 28 heavy (non-hydrogen) atoms. The maximum absolute atomic E-state index is 14.2. The third kappa shape index (κ3) is 3.25. The first-order valence-corrected chi connectivity index (χ1v) is 9.70. The van der Waals surface area contributed by atoms with Gasteiger partial charge >= 0.3 is 0 Å². The van der Waals surface area contributed by atoms with E-state index in [1.54, 1.807) is 6.20 Å². The first-order chi connectivity index (χ1) is 13.3. The van der Waals surface area contributed by atoms with Crippen LogP contribution in [0.2, 0.25) is 4.34 Å². The van der Waals surface area contributed by atoms with E-state index in [0.717, 1.165) is 11.3 Å². The molecule has 0 aromatic carbocycles. The number of nitrogens with one attached hydrogen (secondary N) is 1. The lowest BCUT2D eigenvalue weighted by Gasteiger charge is -2.36. The number of pyridine rings is 1. The number of alkyl halides is 2. The van der Waals surface area contributed by atoms with Crippen molar-refractivity contribution in [3.8, 4) is 11.3 Å². The fourth-order valence-corrected chi connectivity index (χ4v) is 4.44. The predicted octanol–water partition coefficient (Wildman–Crippen LogP) is 3.50. The average molecular weight is 430 g/mol. The summed E-state index contributed by atoms with van der Waals surface area (Å²) in [6.07, 6.45) is 3.30. The zero-order valence-electron chi connectivity index (χ0n) is 14.3. The van der Waals surface area contributed by atoms with Gasteiger partial charge in [0.05, 0.1) is 11.8 Å². The maximum atomic E-state index is 14.2. The predicted molar refractivity (Wildman–Crippen MR) is 99.3 cm³/mol. The molecular formula is C17H15ClF3N5OS. The van der Waals surface area contributed by atoms with Gasteiger partial charge < -0.3 is 11.1 Å². The van der Waals surface area contributed by atoms with Gasteiger partial charge in [-0.25, -0.2) is 22.7 Å². The van der Waals surface area contributed by atoms with Crippen molar-refractivity contribution in [1.82, 2.24) is 19.9 Å². The molecule has 0 spiro atoms. The Kier molecular flexibility index (Phi) is 4.80. The molecular weight excluding hydrogens is 415 g/mol. The smallest absolute Gasteiger partial charge is 0.280 e. The van der Waals surface area contributed by atoms with E-state index < -0.39 is 29.7 Å². The van der Waals surface area contributed by atoms with Crippen molar-refractivity contribution in [3.63, 3.8) is 0 Å². The molecule has 1 aliphatic carbocycles. The van der Waals surface area contributed by atoms with E-state index >= 15 is 0 Å². The minimum absolute atomic E-state index is 0.107. The second-order valence-corrected chi connectivity index (χ2v) is 8.22. The summed E-state index contributed by atoms with van der Waals surface area (Å²) in [5.74, 6) is -4.42. The molecule has 0 unspecified atom stereocenters. The molecule has 148 valence electrons. The number of amides is 1. The second-order valence-electron chi connectivity index (χ2n) is 6.62. The van der Waals surface area contributed by atoms with Gasteiger partial charge in [0.15, 0.2) is 5.01 Å². The minimum atomic E-state index is -3.09. The molecule has 4 rings (SSSR count). The van der Waals surface area contributed by atoms with Crippen molar-refractivity contribution in [3.05, 3.63) is 39.7 Å². The van der Waals surface area contributed by atoms with Crippen LogP contribution in [0.25, 0.3) is 16.8 Å². The Morgan fingerprint density at radius 1 is 1.46 bits per heavy atom. The largest absolute Gasteiger partial charge is 0.340 e. The Balaban J connectivity index is 1.65. The summed E-state index contributed by atoms with van der Waals surface area (Å²) < 4.78 is 43.9. The molecule has 3 heterocycles. The molecule has 0 bridgehead atoms. The van der Waals surface area contributed by atoms with Gasteiger partial charge in [0.2, 0.25) is 0 Å². The van der Waals surface area contributed by atoms with Crippen LogP contribution in [0.15, 0.2) is 24.5 Å². The Morgan fingerprint density at radius 3 is 3.00 bits per heavy atom. The van der Waals surface area contributed by atoms with E-state index in [4.69, 9.17) is 17.3 Å². The number of hydrogen-bond donors (Lipinski definition) is 2. The summed E-state index contributed by atoms with van der Waals surface area (Å²) in [4.78, 5) is 16.7. The van der Waals surface area contributed by atoms with E-state index in [-0.39, 0.29) is 27.0 Å². The molecule has 0 saturated heterocycles. The highest BCUT2D eigenvalue weighted by atomic mass is 35.5. The van der Waals surface area contributed by atoms with E-state index in [2.05, 4.69) is 15.4 Å². The molecule has 6 nitrogen and oxygen atoms in total. The minimum Gasteiger partial charge on any atom is -0.340 e. The first-order valence-electron chi connectivity index (χ1n) is 8.51. The standard InChI is InChI=1S/C17H15ClF3N5OS/c18-14-11(8-7-23-26-6-2-3-9(19)12(8)26)24-16(28-14)15(27)25-13-10(22)4-1-5-17(13,20)21/h2-3,6-7,10,13H,1,4-5,22H2,(H,25,27)/t10-,13+/m0/s1. The van der Waals surface area contributed by atoms with E-state index in [1.165, 1.54) is 22.8 Å². The fourth-order valence-electron chi connectivity index (χ4n) is 3.36. The van der Waals surface area contributed by atoms with Crippen LogP contribution >= 0.6 is 22.9 Å². The number of halogens is 4. The van der Waals surface area contributed by atoms with Gasteiger partial charge in [-0.2, -0.15) is 5.10 Å². The normalized spacial score (nSPS) is 21.8. The summed E-state index contributed by atoms with van der Waals surface area (Å²) in [6, 6.07) is 0.431. The number of nitrogens with two attached hydrogens (primary N) is 1. The molecule has 0 aliphatic heterocycles. The fraction of sp³-hybridized carbons (Fsp3) is 0.353. The number of carbonyl (C=O) groups excluding carboxylic acids is 1. The molecule has 11 heteroatoms. The Hall–Kier alpha value is -2.17. The van der Waals surface area contributed by atoms with Crippen LogP contribution in [0, 0.1) is 5.82 Å². The second kappa shape index (κ2) is 7.02. The third-order valence-corrected chi connectivity index (χ3v) is 6.00. The highest BCUT2D eigenvalue weighted by molar-refractivity contribution is 7.18. The van der Waals surface area contributed by atoms with E-state index in [1.807, 2.05) is 0 Å². The average Bonchev–Trinajstić information content (AvgIpc) is 3.22. The molecule has 2 atom stereocenters. The van der Waals surface area contributed by atoms with Crippen LogP contribution in [0.5, 0.6) is 0 Å². The molecule has 3 aromatic heterocycles. The van der Waals surface area contributed by atoms with Gasteiger partial charge in [-0.15, -0.1) is 0 Å². The SMILES string of the molecule is N[C@H]1CCCC(F)(F)[C@@H]1NC(=O)c1nc(-c2cnn3cccc(F)c23)c(Cl)s1. The highest BCUT2D eigenvalue weighted by Gasteiger charge is 2.46. The van der Waals surface area contributed by atoms with Gasteiger partial charge in [0, 0.05) is 18.7 Å². The van der Waals surface area contributed by atoms with E-state index in [0.29, 0.717) is 18.4 Å². The van der Waals surface area contributed by atoms with Crippen LogP contribution in [-0.2, 0) is 0 Å². The van der Waals surface area contributed by atoms with Crippen LogP contribution in [-0.4, -0.2) is 38.5 Å². The first kappa shape index (κ1) is 19.2. The molecule has 3 N–H and O–H groups in total. The summed E-state index contributed by atoms with van der Waals surface area (Å²) >= 11 is 7.03. The number of aromatic nitrogens is 3. The molecule has 1 amide bonds. The van der Waals surface area contributed by atoms with Crippen LogP contribution in [0.4, 0.5) is 13.2 Å². The molecule has 1 aliphatic rings. The number of thiazole rings is 1. The van der Waals surface area contributed by atoms with Crippen molar-refractivity contribution in [2.45, 2.75) is 37.3 Å². The maximum Gasteiger partial charge on any atom is 0.280 e. The van der Waals surface area contributed by atoms with Crippen LogP contribution in [0.3, 0.4) is 0 Å². The number of fused-ring (bicyclic) bond motifs is 1. The Morgan fingerprint density at radius 2 is 2.25 bits per heavy atom. The van der Waals surface area contributed by atoms with Gasteiger partial charge in [0.1, 0.15) is 27.4 Å². The zero-order chi connectivity index (χ0) is 20.1. The van der Waals surface area contributed by atoms with Crippen molar-refractivity contribution in [2.75, 3.05) is 0 Å². The summed E-state index contributed by atoms with van der Waals surface area (Å²) in [6.45, 7) is 0. The zero-order valence-corrected chi connectivity index (χ0v) is 15.9. The lowest BCUT2D eigenvalue weighted by molar-refractivity contribution is -0.0674. The molecule has 1 saturated carbocycles. The Labute approximate surface area is 166 Å². The topological polar surface area (TPSA) is 85.3 Å². The monoisotopic (exact) mass is 429 g/mol. The van der Waals surface area contributed by atoms with Crippen molar-refractivity contribution in [2.24, 2.45) is 5.73 Å². The lowest BCUT2D eigenvalue weighted by atomic mass is 9.87. The molecule has 3 aromatic rings. The van der Waals surface area contributed by atoms with Crippen LogP contribution in [0.1, 0.15) is 29.1 Å². The third-order valence-electron chi connectivity index (χ3n) is 4.74. The van der Waals surface area contributed by atoms with Crippen LogP contribution < -0.4 is 11.1 Å². The molecule has 0 radical (unpaired) electrons. The van der Waals surface area contributed by atoms with Gasteiger partial charge in [-0.05, 0) is 25.0 Å². The quantitative estimate of drug-likeness (QED) is 0.667. The van der Waals surface area contributed by atoms with Crippen molar-refractivity contribution in [1.29, 1.82) is 0 Å². The molecule has 1 fully saturated rings. The Bertz CT molecular complexity index is 1050.